The molecular weight excluding hydrogens is 439 g/mol. The van der Waals surface area contributed by atoms with Gasteiger partial charge < -0.3 is 15.3 Å². The molecule has 4 aromatic heterocycles. The lowest BCUT2D eigenvalue weighted by Crippen LogP contribution is -2.38. The molecular formula is C23H23FN8O2. The number of anilines is 3. The number of aliphatic hydroxyl groups is 1. The summed E-state index contributed by atoms with van der Waals surface area (Å²) >= 11 is 0. The van der Waals surface area contributed by atoms with E-state index in [1.807, 2.05) is 18.2 Å². The molecule has 1 aliphatic carbocycles. The van der Waals surface area contributed by atoms with Gasteiger partial charge in [-0.15, -0.1) is 5.10 Å². The highest BCUT2D eigenvalue weighted by molar-refractivity contribution is 5.89. The van der Waals surface area contributed by atoms with Crippen LogP contribution >= 0.6 is 0 Å². The first-order chi connectivity index (χ1) is 16.5. The van der Waals surface area contributed by atoms with Crippen LogP contribution in [0.2, 0.25) is 0 Å². The van der Waals surface area contributed by atoms with Gasteiger partial charge in [0.15, 0.2) is 17.4 Å². The van der Waals surface area contributed by atoms with Crippen molar-refractivity contribution in [3.63, 3.8) is 0 Å². The van der Waals surface area contributed by atoms with E-state index in [0.29, 0.717) is 29.1 Å². The molecule has 10 nitrogen and oxygen atoms in total. The number of ketones is 1. The summed E-state index contributed by atoms with van der Waals surface area (Å²) in [5.74, 6) is 1.38. The lowest BCUT2D eigenvalue weighted by molar-refractivity contribution is -0.119. The molecule has 2 aliphatic rings. The summed E-state index contributed by atoms with van der Waals surface area (Å²) in [6.45, 7) is 0.235. The molecule has 6 rings (SSSR count). The van der Waals surface area contributed by atoms with E-state index in [0.717, 1.165) is 11.2 Å². The minimum Gasteiger partial charge on any atom is -0.391 e. The van der Waals surface area contributed by atoms with Crippen LogP contribution in [0.25, 0.3) is 5.52 Å². The van der Waals surface area contributed by atoms with Crippen molar-refractivity contribution in [3.05, 3.63) is 59.9 Å². The van der Waals surface area contributed by atoms with Crippen molar-refractivity contribution >= 4 is 28.9 Å². The first-order valence-corrected chi connectivity index (χ1v) is 11.3. The number of rotatable bonds is 7. The molecule has 2 fully saturated rings. The number of hydrogen-bond acceptors (Lipinski definition) is 8. The summed E-state index contributed by atoms with van der Waals surface area (Å²) in [7, 11) is 0. The fraction of sp³-hybridized carbons (Fsp3) is 0.348. The topological polar surface area (TPSA) is 124 Å². The van der Waals surface area contributed by atoms with Crippen molar-refractivity contribution in [3.8, 4) is 0 Å². The number of halogens is 1. The van der Waals surface area contributed by atoms with Gasteiger partial charge in [-0.1, -0.05) is 6.07 Å². The molecule has 174 valence electrons. The molecule has 1 aliphatic heterocycles. The molecule has 0 radical (unpaired) electrons. The minimum absolute atomic E-state index is 0.0786. The number of nitrogens with zero attached hydrogens (tertiary/aromatic N) is 6. The van der Waals surface area contributed by atoms with Crippen LogP contribution in [0.1, 0.15) is 36.4 Å². The van der Waals surface area contributed by atoms with Gasteiger partial charge in [0.05, 0.1) is 12.1 Å². The number of hydrogen-bond donors (Lipinski definition) is 3. The van der Waals surface area contributed by atoms with Crippen molar-refractivity contribution in [2.75, 3.05) is 16.8 Å². The van der Waals surface area contributed by atoms with Crippen LogP contribution < -0.4 is 10.2 Å². The van der Waals surface area contributed by atoms with Crippen molar-refractivity contribution < 1.29 is 14.3 Å². The third-order valence-electron chi connectivity index (χ3n) is 6.32. The van der Waals surface area contributed by atoms with Crippen LogP contribution in [0.4, 0.5) is 22.0 Å². The van der Waals surface area contributed by atoms with Crippen molar-refractivity contribution in [2.24, 2.45) is 0 Å². The maximum Gasteiger partial charge on any atom is 0.246 e. The smallest absolute Gasteiger partial charge is 0.246 e. The van der Waals surface area contributed by atoms with Gasteiger partial charge in [-0.25, -0.2) is 9.50 Å². The van der Waals surface area contributed by atoms with E-state index in [9.17, 15) is 14.3 Å². The Bertz CT molecular complexity index is 1350. The van der Waals surface area contributed by atoms with Gasteiger partial charge in [-0.3, -0.25) is 9.89 Å². The Hall–Kier alpha value is -3.86. The highest BCUT2D eigenvalue weighted by Crippen LogP contribution is 2.39. The number of nitrogens with one attached hydrogen (secondary N) is 2. The Labute approximate surface area is 193 Å². The monoisotopic (exact) mass is 462 g/mol. The van der Waals surface area contributed by atoms with E-state index in [1.165, 1.54) is 25.1 Å². The summed E-state index contributed by atoms with van der Waals surface area (Å²) in [5.41, 5.74) is 2.48. The molecule has 0 spiro atoms. The van der Waals surface area contributed by atoms with E-state index in [1.54, 1.807) is 21.7 Å². The lowest BCUT2D eigenvalue weighted by atomic mass is 10.0. The van der Waals surface area contributed by atoms with Crippen molar-refractivity contribution in [2.45, 2.75) is 43.7 Å². The Morgan fingerprint density at radius 2 is 2.18 bits per heavy atom. The number of aromatic amines is 1. The molecule has 4 aromatic rings. The molecule has 5 heterocycles. The highest BCUT2D eigenvalue weighted by atomic mass is 19.1. The van der Waals surface area contributed by atoms with Crippen LogP contribution in [-0.2, 0) is 11.2 Å². The third kappa shape index (κ3) is 3.98. The second kappa shape index (κ2) is 8.17. The fourth-order valence-electron chi connectivity index (χ4n) is 4.43. The molecule has 0 bridgehead atoms. The first kappa shape index (κ1) is 20.7. The number of pyridine rings is 1. The number of fused-ring (bicyclic) bond motifs is 1. The molecule has 3 N–H and O–H groups in total. The second-order valence-corrected chi connectivity index (χ2v) is 8.90. The standard InChI is InChI=1S/C23H23FN8O2/c24-20-6-3-13(11-25-20)8-19(34)18-9-15(33)12-31(18)23-27-22(17-2-1-7-32(17)30-23)26-21-10-16(28-29-21)14-4-5-14/h1-3,6-7,10-11,14-15,18,33H,4-5,8-9,12H2,(H2,26,27,28,29,30)/t15-,18+/m1/s1. The SMILES string of the molecule is O=C(Cc1ccc(F)nc1)[C@@H]1C[C@@H](O)CN1c1nc(Nc2cc(C3CC3)[nH]n2)c2cccn2n1. The van der Waals surface area contributed by atoms with Gasteiger partial charge in [-0.2, -0.15) is 14.5 Å². The van der Waals surface area contributed by atoms with Crippen molar-refractivity contribution in [1.29, 1.82) is 0 Å². The van der Waals surface area contributed by atoms with Gasteiger partial charge in [0.25, 0.3) is 0 Å². The Morgan fingerprint density at radius 3 is 2.97 bits per heavy atom. The largest absolute Gasteiger partial charge is 0.391 e. The fourth-order valence-corrected chi connectivity index (χ4v) is 4.43. The Kier molecular flexibility index (Phi) is 4.98. The number of β-amino-alcohol motifs (C(OH)–C–C–N with tert-alkyl or cyclic N) is 1. The van der Waals surface area contributed by atoms with Gasteiger partial charge in [0.1, 0.15) is 5.52 Å². The van der Waals surface area contributed by atoms with Gasteiger partial charge in [-0.05, 0) is 36.6 Å². The van der Waals surface area contributed by atoms with E-state index >= 15 is 0 Å². The van der Waals surface area contributed by atoms with Crippen LogP contribution in [0.15, 0.2) is 42.7 Å². The van der Waals surface area contributed by atoms with Gasteiger partial charge >= 0.3 is 0 Å². The van der Waals surface area contributed by atoms with Gasteiger partial charge in [0, 0.05) is 49.5 Å². The summed E-state index contributed by atoms with van der Waals surface area (Å²) in [5, 5.41) is 25.7. The zero-order chi connectivity index (χ0) is 23.2. The number of aromatic nitrogens is 6. The van der Waals surface area contributed by atoms with Crippen LogP contribution in [0.5, 0.6) is 0 Å². The van der Waals surface area contributed by atoms with Crippen molar-refractivity contribution in [1.82, 2.24) is 29.8 Å². The average Bonchev–Trinajstić information content (AvgIpc) is 3.20. The summed E-state index contributed by atoms with van der Waals surface area (Å²) in [6.07, 6.45) is 5.16. The summed E-state index contributed by atoms with van der Waals surface area (Å²) < 4.78 is 14.8. The van der Waals surface area contributed by atoms with E-state index < -0.39 is 18.1 Å². The molecule has 0 unspecified atom stereocenters. The first-order valence-electron chi connectivity index (χ1n) is 11.3. The number of carbonyl (C=O) groups is 1. The number of H-pyrrole nitrogens is 1. The quantitative estimate of drug-likeness (QED) is 0.358. The molecule has 0 amide bonds. The third-order valence-corrected chi connectivity index (χ3v) is 6.32. The lowest BCUT2D eigenvalue weighted by Gasteiger charge is -2.24. The van der Waals surface area contributed by atoms with Crippen LogP contribution in [-0.4, -0.2) is 59.4 Å². The normalized spacial score (nSPS) is 20.2. The minimum atomic E-state index is -0.687. The molecule has 1 saturated carbocycles. The zero-order valence-electron chi connectivity index (χ0n) is 18.2. The van der Waals surface area contributed by atoms with E-state index in [4.69, 9.17) is 4.98 Å². The Balaban J connectivity index is 1.29. The molecule has 11 heteroatoms. The van der Waals surface area contributed by atoms with E-state index in [-0.39, 0.29) is 25.2 Å². The van der Waals surface area contributed by atoms with Gasteiger partial charge in [0.2, 0.25) is 11.9 Å². The molecule has 0 aromatic carbocycles. The molecule has 2 atom stereocenters. The predicted octanol–water partition coefficient (Wildman–Crippen LogP) is 2.36. The predicted molar refractivity (Wildman–Crippen MR) is 121 cm³/mol. The maximum absolute atomic E-state index is 13.1. The average molecular weight is 462 g/mol. The van der Waals surface area contributed by atoms with Crippen LogP contribution in [0, 0.1) is 5.95 Å². The summed E-state index contributed by atoms with van der Waals surface area (Å²) in [6, 6.07) is 7.91. The molecule has 1 saturated heterocycles. The zero-order valence-corrected chi connectivity index (χ0v) is 18.2. The number of carbonyl (C=O) groups excluding carboxylic acids is 1. The maximum atomic E-state index is 13.1. The number of Topliss-reactive ketones (excluding diaryl/α,β-unsaturated/α-hetero) is 1. The van der Waals surface area contributed by atoms with E-state index in [2.05, 4.69) is 25.6 Å². The molecule has 34 heavy (non-hydrogen) atoms. The number of aliphatic hydroxyl groups excluding tert-OH is 1. The summed E-state index contributed by atoms with van der Waals surface area (Å²) in [4.78, 5) is 23.2. The second-order valence-electron chi connectivity index (χ2n) is 8.90. The Morgan fingerprint density at radius 1 is 1.29 bits per heavy atom. The van der Waals surface area contributed by atoms with Crippen LogP contribution in [0.3, 0.4) is 0 Å². The highest BCUT2D eigenvalue weighted by Gasteiger charge is 2.38.